The zero-order chi connectivity index (χ0) is 37.1. The van der Waals surface area contributed by atoms with Gasteiger partial charge < -0.3 is 4.90 Å². The molecular weight excluding hydrogens is 675 g/mol. The molecule has 262 valence electrons. The van der Waals surface area contributed by atoms with Crippen LogP contribution in [0.5, 0.6) is 0 Å². The lowest BCUT2D eigenvalue weighted by Gasteiger charge is -2.31. The third kappa shape index (κ3) is 4.95. The van der Waals surface area contributed by atoms with Gasteiger partial charge in [-0.2, -0.15) is 0 Å². The van der Waals surface area contributed by atoms with Crippen LogP contribution >= 0.6 is 0 Å². The number of rotatable bonds is 6. The summed E-state index contributed by atoms with van der Waals surface area (Å²) in [6.07, 6.45) is 0. The highest BCUT2D eigenvalue weighted by Gasteiger charge is 2.51. The average Bonchev–Trinajstić information content (AvgIpc) is 3.75. The van der Waals surface area contributed by atoms with E-state index in [-0.39, 0.29) is 5.41 Å². The first kappa shape index (κ1) is 32.2. The van der Waals surface area contributed by atoms with Crippen molar-refractivity contribution < 1.29 is 0 Å². The van der Waals surface area contributed by atoms with Crippen molar-refractivity contribution in [1.82, 2.24) is 0 Å². The predicted octanol–water partition coefficient (Wildman–Crippen LogP) is 14.5. The second kappa shape index (κ2) is 13.0. The van der Waals surface area contributed by atoms with Crippen LogP contribution in [0, 0.1) is 0 Å². The highest BCUT2D eigenvalue weighted by molar-refractivity contribution is 5.96. The third-order valence-corrected chi connectivity index (χ3v) is 11.9. The molecule has 2 aliphatic carbocycles. The van der Waals surface area contributed by atoms with Crippen LogP contribution in [-0.4, -0.2) is 0 Å². The van der Waals surface area contributed by atoms with Crippen LogP contribution in [-0.2, 0) is 5.41 Å². The summed E-state index contributed by atoms with van der Waals surface area (Å²) in [4.78, 5) is 2.42. The first-order valence-electron chi connectivity index (χ1n) is 19.4. The summed E-state index contributed by atoms with van der Waals surface area (Å²) in [5.41, 5.74) is 20.8. The number of anilines is 3. The first-order chi connectivity index (χ1) is 27.8. The molecule has 11 rings (SSSR count). The van der Waals surface area contributed by atoms with Gasteiger partial charge in [0.05, 0.1) is 5.41 Å². The Morgan fingerprint density at radius 1 is 0.232 bits per heavy atom. The Morgan fingerprint density at radius 3 is 1.23 bits per heavy atom. The second-order valence-electron chi connectivity index (χ2n) is 14.9. The Bertz CT molecular complexity index is 2860. The average molecular weight is 712 g/mol. The maximum Gasteiger partial charge on any atom is 0.0725 e. The van der Waals surface area contributed by atoms with Crippen LogP contribution in [0.2, 0.25) is 0 Å². The minimum Gasteiger partial charge on any atom is -0.310 e. The maximum atomic E-state index is 2.43. The van der Waals surface area contributed by atoms with Crippen molar-refractivity contribution in [3.05, 3.63) is 247 Å². The molecule has 0 heterocycles. The van der Waals surface area contributed by atoms with Crippen LogP contribution in [0.1, 0.15) is 22.3 Å². The van der Waals surface area contributed by atoms with Crippen molar-refractivity contribution in [2.75, 3.05) is 4.90 Å². The molecule has 0 fully saturated rings. The summed E-state index contributed by atoms with van der Waals surface area (Å²) in [6.45, 7) is 0. The molecule has 0 atom stereocenters. The molecule has 9 aromatic carbocycles. The molecule has 0 aliphatic heterocycles. The molecule has 56 heavy (non-hydrogen) atoms. The van der Waals surface area contributed by atoms with Gasteiger partial charge in [-0.15, -0.1) is 0 Å². The van der Waals surface area contributed by atoms with Crippen molar-refractivity contribution in [2.24, 2.45) is 0 Å². The van der Waals surface area contributed by atoms with E-state index in [2.05, 4.69) is 229 Å². The van der Waals surface area contributed by atoms with E-state index in [9.17, 15) is 0 Å². The summed E-state index contributed by atoms with van der Waals surface area (Å²) in [5.74, 6) is 0. The summed E-state index contributed by atoms with van der Waals surface area (Å²) >= 11 is 0. The number of hydrogen-bond donors (Lipinski definition) is 0. The fraction of sp³-hybridized carbons (Fsp3) is 0.0182. The highest BCUT2D eigenvalue weighted by Crippen LogP contribution is 2.63. The van der Waals surface area contributed by atoms with Crippen molar-refractivity contribution in [1.29, 1.82) is 0 Å². The van der Waals surface area contributed by atoms with Crippen LogP contribution < -0.4 is 4.90 Å². The molecule has 0 saturated heterocycles. The highest BCUT2D eigenvalue weighted by atomic mass is 15.1. The van der Waals surface area contributed by atoms with E-state index in [0.717, 1.165) is 17.1 Å². The van der Waals surface area contributed by atoms with Gasteiger partial charge >= 0.3 is 0 Å². The minimum atomic E-state index is -0.372. The largest absolute Gasteiger partial charge is 0.310 e. The Morgan fingerprint density at radius 2 is 0.625 bits per heavy atom. The van der Waals surface area contributed by atoms with E-state index >= 15 is 0 Å². The van der Waals surface area contributed by atoms with E-state index in [0.29, 0.717) is 0 Å². The molecular formula is C55H37N. The molecule has 9 aromatic rings. The van der Waals surface area contributed by atoms with Crippen molar-refractivity contribution in [2.45, 2.75) is 5.41 Å². The smallest absolute Gasteiger partial charge is 0.0725 e. The van der Waals surface area contributed by atoms with E-state index < -0.39 is 0 Å². The normalized spacial score (nSPS) is 12.8. The number of nitrogens with zero attached hydrogens (tertiary/aromatic N) is 1. The molecule has 0 saturated carbocycles. The molecule has 1 nitrogen and oxygen atoms in total. The number of fused-ring (bicyclic) bond motifs is 10. The molecule has 1 heteroatoms. The van der Waals surface area contributed by atoms with Crippen LogP contribution in [0.15, 0.2) is 224 Å². The molecule has 0 unspecified atom stereocenters. The van der Waals surface area contributed by atoms with E-state index in [1.54, 1.807) is 0 Å². The van der Waals surface area contributed by atoms with E-state index in [4.69, 9.17) is 0 Å². The Kier molecular flexibility index (Phi) is 7.47. The molecule has 1 spiro atoms. The lowest BCUT2D eigenvalue weighted by Crippen LogP contribution is -2.25. The zero-order valence-corrected chi connectivity index (χ0v) is 30.8. The lowest BCUT2D eigenvalue weighted by atomic mass is 9.70. The maximum absolute atomic E-state index is 2.43. The van der Waals surface area contributed by atoms with Gasteiger partial charge in [0.25, 0.3) is 0 Å². The van der Waals surface area contributed by atoms with E-state index in [1.807, 2.05) is 0 Å². The minimum absolute atomic E-state index is 0.372. The molecule has 0 radical (unpaired) electrons. The van der Waals surface area contributed by atoms with Gasteiger partial charge in [-0.1, -0.05) is 182 Å². The lowest BCUT2D eigenvalue weighted by molar-refractivity contribution is 0.794. The summed E-state index contributed by atoms with van der Waals surface area (Å²) in [6, 6.07) is 82.4. The molecule has 0 N–H and O–H groups in total. The second-order valence-corrected chi connectivity index (χ2v) is 14.9. The summed E-state index contributed by atoms with van der Waals surface area (Å²) in [5, 5.41) is 0. The zero-order valence-electron chi connectivity index (χ0n) is 30.8. The van der Waals surface area contributed by atoms with Crippen molar-refractivity contribution in [3.63, 3.8) is 0 Å². The predicted molar refractivity (Wildman–Crippen MR) is 234 cm³/mol. The van der Waals surface area contributed by atoms with Gasteiger partial charge in [0.1, 0.15) is 0 Å². The fourth-order valence-electron chi connectivity index (χ4n) is 9.44. The summed E-state index contributed by atoms with van der Waals surface area (Å²) in [7, 11) is 0. The number of hydrogen-bond acceptors (Lipinski definition) is 1. The Hall–Kier alpha value is -7.22. The van der Waals surface area contributed by atoms with Gasteiger partial charge in [-0.25, -0.2) is 0 Å². The molecule has 0 bridgehead atoms. The quantitative estimate of drug-likeness (QED) is 0.166. The summed E-state index contributed by atoms with van der Waals surface area (Å²) < 4.78 is 0. The molecule has 0 amide bonds. The van der Waals surface area contributed by atoms with Gasteiger partial charge in [-0.05, 0) is 120 Å². The molecule has 0 aromatic heterocycles. The van der Waals surface area contributed by atoms with Gasteiger partial charge in [-0.3, -0.25) is 0 Å². The van der Waals surface area contributed by atoms with Crippen LogP contribution in [0.25, 0.3) is 55.6 Å². The standard InChI is InChI=1S/C55H37N/c1-3-15-38(16-4-1)40-29-31-44(32-30-40)56(45-22-14-21-43(36-45)42-20-13-19-41(35-42)39-17-5-2-6-18-39)46-33-34-54-50(37-46)49-25-9-12-28-53(49)55(54)51-26-10-7-23-47(51)48-24-8-11-27-52(48)55/h1-37H. The fourth-order valence-corrected chi connectivity index (χ4v) is 9.44. The van der Waals surface area contributed by atoms with Gasteiger partial charge in [0.2, 0.25) is 0 Å². The van der Waals surface area contributed by atoms with E-state index in [1.165, 1.54) is 77.9 Å². The van der Waals surface area contributed by atoms with Crippen molar-refractivity contribution >= 4 is 17.1 Å². The van der Waals surface area contributed by atoms with Gasteiger partial charge in [0.15, 0.2) is 0 Å². The SMILES string of the molecule is c1ccc(-c2ccc(N(c3cccc(-c4cccc(-c5ccccc5)c4)c3)c3ccc4c(c3)-c3ccccc3C43c4ccccc4-c4ccccc43)cc2)cc1. The first-order valence-corrected chi connectivity index (χ1v) is 19.4. The Balaban J connectivity index is 1.09. The monoisotopic (exact) mass is 711 g/mol. The third-order valence-electron chi connectivity index (χ3n) is 11.9. The van der Waals surface area contributed by atoms with Gasteiger partial charge in [0, 0.05) is 17.1 Å². The van der Waals surface area contributed by atoms with Crippen LogP contribution in [0.3, 0.4) is 0 Å². The molecule has 2 aliphatic rings. The number of benzene rings is 9. The topological polar surface area (TPSA) is 3.24 Å². The van der Waals surface area contributed by atoms with Crippen LogP contribution in [0.4, 0.5) is 17.1 Å². The van der Waals surface area contributed by atoms with Crippen molar-refractivity contribution in [3.8, 4) is 55.6 Å². The Labute approximate surface area is 328 Å².